The lowest BCUT2D eigenvalue weighted by Crippen LogP contribution is -2.30. The van der Waals surface area contributed by atoms with Crippen molar-refractivity contribution in [1.82, 2.24) is 24.8 Å². The van der Waals surface area contributed by atoms with Gasteiger partial charge in [0.1, 0.15) is 18.5 Å². The average molecular weight is 509 g/mol. The number of anilines is 1. The van der Waals surface area contributed by atoms with E-state index in [9.17, 15) is 9.59 Å². The van der Waals surface area contributed by atoms with Gasteiger partial charge in [0.05, 0.1) is 25.5 Å². The van der Waals surface area contributed by atoms with Gasteiger partial charge in [0.2, 0.25) is 0 Å². The second kappa shape index (κ2) is 11.0. The molecule has 5 rings (SSSR count). The summed E-state index contributed by atoms with van der Waals surface area (Å²) < 4.78 is 25.5. The Morgan fingerprint density at radius 1 is 1.08 bits per heavy atom. The molecule has 3 aromatic rings. The predicted octanol–water partition coefficient (Wildman–Crippen LogP) is 2.64. The van der Waals surface area contributed by atoms with Crippen molar-refractivity contribution in [2.45, 2.75) is 51.1 Å². The van der Waals surface area contributed by atoms with Gasteiger partial charge in [-0.1, -0.05) is 36.4 Å². The van der Waals surface area contributed by atoms with Gasteiger partial charge < -0.3 is 24.3 Å². The van der Waals surface area contributed by atoms with Crippen molar-refractivity contribution in [2.75, 3.05) is 18.5 Å². The second-order valence-corrected chi connectivity index (χ2v) is 8.44. The quantitative estimate of drug-likeness (QED) is 0.440. The lowest BCUT2D eigenvalue weighted by atomic mass is 10.1. The molecule has 5 atom stereocenters. The number of carbonyl (C=O) groups excluding carboxylic acids is 2. The summed E-state index contributed by atoms with van der Waals surface area (Å²) >= 11 is 0. The molecule has 12 nitrogen and oxygen atoms in total. The fourth-order valence-electron chi connectivity index (χ4n) is 4.42. The Balaban J connectivity index is 1.41. The minimum Gasteiger partial charge on any atom is -0.466 e. The molecule has 2 saturated heterocycles. The highest BCUT2D eigenvalue weighted by atomic mass is 16.8. The van der Waals surface area contributed by atoms with E-state index in [2.05, 4.69) is 25.6 Å². The van der Waals surface area contributed by atoms with Gasteiger partial charge in [-0.3, -0.25) is 14.7 Å². The summed E-state index contributed by atoms with van der Waals surface area (Å²) in [4.78, 5) is 37.3. The van der Waals surface area contributed by atoms with E-state index in [1.54, 1.807) is 17.8 Å². The maximum Gasteiger partial charge on any atom is 0.320 e. The zero-order valence-electron chi connectivity index (χ0n) is 20.4. The Bertz CT molecular complexity index is 1280. The highest BCUT2D eigenvalue weighted by molar-refractivity contribution is 5.95. The topological polar surface area (TPSA) is 139 Å². The molecular formula is C25H28N6O6. The Morgan fingerprint density at radius 3 is 2.68 bits per heavy atom. The molecule has 0 radical (unpaired) electrons. The fraction of sp³-hybridized carbons (Fsp3) is 0.400. The summed E-state index contributed by atoms with van der Waals surface area (Å²) in [6, 6.07) is 9.40. The number of rotatable bonds is 8. The number of nitrogens with one attached hydrogen (secondary N) is 2. The van der Waals surface area contributed by atoms with Crippen LogP contribution in [0.25, 0.3) is 17.2 Å². The molecular weight excluding hydrogens is 480 g/mol. The molecule has 2 aliphatic heterocycles. The Morgan fingerprint density at radius 2 is 1.89 bits per heavy atom. The minimum atomic E-state index is -0.684. The SMILES string of the molecule is CCNC(=O)Nc1ncnc2c1ncn2C1OC(CC(=O)OCC)C2O[C@H](C=Cc3ccccc3)OC21. The van der Waals surface area contributed by atoms with Crippen molar-refractivity contribution in [1.29, 1.82) is 0 Å². The van der Waals surface area contributed by atoms with Gasteiger partial charge in [0, 0.05) is 6.54 Å². The molecule has 4 unspecified atom stereocenters. The van der Waals surface area contributed by atoms with Crippen LogP contribution >= 0.6 is 0 Å². The number of ether oxygens (including phenoxy) is 4. The first-order valence-corrected chi connectivity index (χ1v) is 12.1. The van der Waals surface area contributed by atoms with Gasteiger partial charge in [0.15, 0.2) is 29.5 Å². The smallest absolute Gasteiger partial charge is 0.320 e. The van der Waals surface area contributed by atoms with E-state index >= 15 is 0 Å². The zero-order chi connectivity index (χ0) is 25.8. The summed E-state index contributed by atoms with van der Waals surface area (Å²) in [6.45, 7) is 4.30. The van der Waals surface area contributed by atoms with Crippen LogP contribution in [0.2, 0.25) is 0 Å². The van der Waals surface area contributed by atoms with Crippen molar-refractivity contribution in [3.63, 3.8) is 0 Å². The van der Waals surface area contributed by atoms with Crippen LogP contribution in [0.1, 0.15) is 32.1 Å². The van der Waals surface area contributed by atoms with Crippen molar-refractivity contribution in [2.24, 2.45) is 0 Å². The number of amides is 2. The van der Waals surface area contributed by atoms with Crippen molar-refractivity contribution >= 4 is 35.1 Å². The number of nitrogens with zero attached hydrogens (tertiary/aromatic N) is 4. The molecule has 0 saturated carbocycles. The maximum atomic E-state index is 12.3. The number of imidazole rings is 1. The number of aromatic nitrogens is 4. The van der Waals surface area contributed by atoms with E-state index in [1.165, 1.54) is 6.33 Å². The molecule has 12 heteroatoms. The van der Waals surface area contributed by atoms with Gasteiger partial charge in [-0.15, -0.1) is 0 Å². The van der Waals surface area contributed by atoms with Gasteiger partial charge in [-0.2, -0.15) is 0 Å². The van der Waals surface area contributed by atoms with Crippen LogP contribution in [0, 0.1) is 0 Å². The third-order valence-electron chi connectivity index (χ3n) is 5.99. The highest BCUT2D eigenvalue weighted by Gasteiger charge is 2.54. The third kappa shape index (κ3) is 5.31. The van der Waals surface area contributed by atoms with E-state index in [4.69, 9.17) is 18.9 Å². The number of benzene rings is 1. The average Bonchev–Trinajstić information content (AvgIpc) is 3.59. The highest BCUT2D eigenvalue weighted by Crippen LogP contribution is 2.42. The first-order chi connectivity index (χ1) is 18.1. The van der Waals surface area contributed by atoms with Gasteiger partial charge in [0.25, 0.3) is 0 Å². The summed E-state index contributed by atoms with van der Waals surface area (Å²) in [5.41, 5.74) is 1.84. The van der Waals surface area contributed by atoms with Crippen molar-refractivity contribution < 1.29 is 28.5 Å². The molecule has 0 bridgehead atoms. The minimum absolute atomic E-state index is 0.00952. The van der Waals surface area contributed by atoms with E-state index in [0.29, 0.717) is 17.7 Å². The van der Waals surface area contributed by atoms with Gasteiger partial charge in [-0.25, -0.2) is 19.7 Å². The lowest BCUT2D eigenvalue weighted by Gasteiger charge is -2.20. The zero-order valence-corrected chi connectivity index (χ0v) is 20.4. The largest absolute Gasteiger partial charge is 0.466 e. The molecule has 2 amide bonds. The van der Waals surface area contributed by atoms with E-state index in [-0.39, 0.29) is 24.8 Å². The summed E-state index contributed by atoms with van der Waals surface area (Å²) in [7, 11) is 0. The number of fused-ring (bicyclic) bond motifs is 2. The number of hydrogen-bond acceptors (Lipinski definition) is 9. The monoisotopic (exact) mass is 508 g/mol. The number of carbonyl (C=O) groups is 2. The van der Waals surface area contributed by atoms with E-state index in [1.807, 2.05) is 49.4 Å². The third-order valence-corrected chi connectivity index (χ3v) is 5.99. The molecule has 2 N–H and O–H groups in total. The second-order valence-electron chi connectivity index (χ2n) is 8.44. The van der Waals surface area contributed by atoms with Crippen LogP contribution in [-0.2, 0) is 23.7 Å². The van der Waals surface area contributed by atoms with Crippen LogP contribution in [0.4, 0.5) is 10.6 Å². The van der Waals surface area contributed by atoms with Gasteiger partial charge in [-0.05, 0) is 25.5 Å². The lowest BCUT2D eigenvalue weighted by molar-refractivity contribution is -0.154. The molecule has 0 spiro atoms. The first kappa shape index (κ1) is 24.8. The normalized spacial score (nSPS) is 24.9. The molecule has 0 aliphatic carbocycles. The van der Waals surface area contributed by atoms with E-state index < -0.39 is 36.9 Å². The number of hydrogen-bond donors (Lipinski definition) is 2. The van der Waals surface area contributed by atoms with Crippen molar-refractivity contribution in [3.05, 3.63) is 54.6 Å². The maximum absolute atomic E-state index is 12.3. The molecule has 4 heterocycles. The fourth-order valence-corrected chi connectivity index (χ4v) is 4.42. The molecule has 37 heavy (non-hydrogen) atoms. The van der Waals surface area contributed by atoms with E-state index in [0.717, 1.165) is 5.56 Å². The van der Waals surface area contributed by atoms with Crippen LogP contribution in [-0.4, -0.2) is 69.3 Å². The Hall–Kier alpha value is -3.87. The van der Waals surface area contributed by atoms with Crippen LogP contribution < -0.4 is 10.6 Å². The Labute approximate surface area is 213 Å². The predicted molar refractivity (Wildman–Crippen MR) is 132 cm³/mol. The first-order valence-electron chi connectivity index (χ1n) is 12.1. The Kier molecular flexibility index (Phi) is 7.40. The van der Waals surface area contributed by atoms with Crippen LogP contribution in [0.5, 0.6) is 0 Å². The number of esters is 1. The molecule has 1 aromatic carbocycles. The summed E-state index contributed by atoms with van der Waals surface area (Å²) in [6.07, 6.45) is 3.66. The molecule has 2 fully saturated rings. The molecule has 2 aromatic heterocycles. The standard InChI is InChI=1S/C25H28N6O6/c1-3-26-25(33)30-22-19-23(28-13-27-22)31(14-29-19)24-21-20(16(35-24)12-17(32)34-4-2)36-18(37-21)11-10-15-8-6-5-7-9-15/h5-11,13-14,16,18,20-21,24H,3-4,12H2,1-2H3,(H2,26,27,28,30,33)/t16?,18-,20?,21?,24?/m0/s1. The number of urea groups is 1. The van der Waals surface area contributed by atoms with Crippen LogP contribution in [0.15, 0.2) is 49.1 Å². The molecule has 194 valence electrons. The molecule has 2 aliphatic rings. The van der Waals surface area contributed by atoms with Crippen LogP contribution in [0.3, 0.4) is 0 Å². The summed E-state index contributed by atoms with van der Waals surface area (Å²) in [5, 5.41) is 5.34. The van der Waals surface area contributed by atoms with Gasteiger partial charge >= 0.3 is 12.0 Å². The summed E-state index contributed by atoms with van der Waals surface area (Å²) in [5.74, 6) is -0.121. The van der Waals surface area contributed by atoms with Crippen molar-refractivity contribution in [3.8, 4) is 0 Å².